The monoisotopic (exact) mass is 337 g/mol. The highest BCUT2D eigenvalue weighted by molar-refractivity contribution is 7.91. The van der Waals surface area contributed by atoms with E-state index in [-0.39, 0.29) is 23.5 Å². The second-order valence-electron chi connectivity index (χ2n) is 6.65. The quantitative estimate of drug-likeness (QED) is 0.905. The average molecular weight is 337 g/mol. The Morgan fingerprint density at radius 2 is 2.04 bits per heavy atom. The van der Waals surface area contributed by atoms with E-state index in [4.69, 9.17) is 0 Å². The molecule has 2 aliphatic rings. The SMILES string of the molecule is CC1CCN(C(=O)c2cc(NC3CCS(=O)(=O)C3)ccn2)CC1. The summed E-state index contributed by atoms with van der Waals surface area (Å²) in [6.07, 6.45) is 4.27. The van der Waals surface area contributed by atoms with Gasteiger partial charge in [0.25, 0.3) is 5.91 Å². The van der Waals surface area contributed by atoms with Crippen molar-refractivity contribution in [3.05, 3.63) is 24.0 Å². The van der Waals surface area contributed by atoms with Gasteiger partial charge < -0.3 is 10.2 Å². The maximum atomic E-state index is 12.5. The molecule has 1 atom stereocenters. The molecule has 0 aliphatic carbocycles. The van der Waals surface area contributed by atoms with Crippen molar-refractivity contribution in [2.24, 2.45) is 5.92 Å². The first-order valence-corrected chi connectivity index (χ1v) is 9.97. The summed E-state index contributed by atoms with van der Waals surface area (Å²) in [5.74, 6) is 1.01. The maximum absolute atomic E-state index is 12.5. The van der Waals surface area contributed by atoms with Gasteiger partial charge in [0.05, 0.1) is 11.5 Å². The summed E-state index contributed by atoms with van der Waals surface area (Å²) in [5.41, 5.74) is 1.18. The molecule has 2 aliphatic heterocycles. The fourth-order valence-corrected chi connectivity index (χ4v) is 4.83. The van der Waals surface area contributed by atoms with E-state index >= 15 is 0 Å². The zero-order valence-corrected chi connectivity index (χ0v) is 14.2. The lowest BCUT2D eigenvalue weighted by Gasteiger charge is -2.30. The van der Waals surface area contributed by atoms with Crippen molar-refractivity contribution in [3.8, 4) is 0 Å². The van der Waals surface area contributed by atoms with Crippen molar-refractivity contribution in [2.45, 2.75) is 32.2 Å². The number of anilines is 1. The molecule has 2 saturated heterocycles. The van der Waals surface area contributed by atoms with E-state index in [0.29, 0.717) is 18.0 Å². The molecular formula is C16H23N3O3S. The fraction of sp³-hybridized carbons (Fsp3) is 0.625. The number of pyridine rings is 1. The van der Waals surface area contributed by atoms with E-state index < -0.39 is 9.84 Å². The first-order valence-electron chi connectivity index (χ1n) is 8.15. The normalized spacial score (nSPS) is 24.6. The topological polar surface area (TPSA) is 79.4 Å². The standard InChI is InChI=1S/C16H23N3O3S/c1-12-3-7-19(8-4-12)16(20)15-10-13(2-6-17-15)18-14-5-9-23(21,22)11-14/h2,6,10,12,14H,3-5,7-9,11H2,1H3,(H,17,18). The minimum atomic E-state index is -2.92. The number of piperidine rings is 1. The zero-order valence-electron chi connectivity index (χ0n) is 13.4. The Labute approximate surface area is 137 Å². The van der Waals surface area contributed by atoms with E-state index in [2.05, 4.69) is 17.2 Å². The van der Waals surface area contributed by atoms with Gasteiger partial charge in [-0.2, -0.15) is 0 Å². The molecule has 0 aromatic carbocycles. The number of aromatic nitrogens is 1. The van der Waals surface area contributed by atoms with Gasteiger partial charge in [-0.1, -0.05) is 6.92 Å². The summed E-state index contributed by atoms with van der Waals surface area (Å²) < 4.78 is 23.1. The summed E-state index contributed by atoms with van der Waals surface area (Å²) in [6.45, 7) is 3.76. The van der Waals surface area contributed by atoms with E-state index in [9.17, 15) is 13.2 Å². The number of likely N-dealkylation sites (tertiary alicyclic amines) is 1. The molecule has 0 radical (unpaired) electrons. The van der Waals surface area contributed by atoms with Crippen LogP contribution in [0.2, 0.25) is 0 Å². The van der Waals surface area contributed by atoms with Gasteiger partial charge in [0.2, 0.25) is 0 Å². The maximum Gasteiger partial charge on any atom is 0.272 e. The Morgan fingerprint density at radius 3 is 2.70 bits per heavy atom. The average Bonchev–Trinajstić information content (AvgIpc) is 2.86. The number of hydrogen-bond acceptors (Lipinski definition) is 5. The van der Waals surface area contributed by atoms with E-state index in [1.165, 1.54) is 0 Å². The molecule has 1 amide bonds. The molecule has 1 N–H and O–H groups in total. The molecule has 7 heteroatoms. The van der Waals surface area contributed by atoms with Gasteiger partial charge in [0.1, 0.15) is 5.69 Å². The summed E-state index contributed by atoms with van der Waals surface area (Å²) in [4.78, 5) is 18.6. The molecule has 23 heavy (non-hydrogen) atoms. The van der Waals surface area contributed by atoms with Gasteiger partial charge in [-0.25, -0.2) is 8.42 Å². The number of rotatable bonds is 3. The van der Waals surface area contributed by atoms with E-state index in [1.807, 2.05) is 4.90 Å². The molecule has 126 valence electrons. The van der Waals surface area contributed by atoms with Crippen LogP contribution in [0.15, 0.2) is 18.3 Å². The lowest BCUT2D eigenvalue weighted by atomic mass is 9.99. The van der Waals surface area contributed by atoms with Crippen LogP contribution in [-0.4, -0.2) is 54.8 Å². The lowest BCUT2D eigenvalue weighted by Crippen LogP contribution is -2.38. The molecule has 0 saturated carbocycles. The van der Waals surface area contributed by atoms with Crippen LogP contribution >= 0.6 is 0 Å². The molecular weight excluding hydrogens is 314 g/mol. The summed E-state index contributed by atoms with van der Waals surface area (Å²) in [7, 11) is -2.92. The third-order valence-corrected chi connectivity index (χ3v) is 6.42. The van der Waals surface area contributed by atoms with Crippen LogP contribution in [0.5, 0.6) is 0 Å². The third-order valence-electron chi connectivity index (χ3n) is 4.65. The number of nitrogens with one attached hydrogen (secondary N) is 1. The largest absolute Gasteiger partial charge is 0.381 e. The highest BCUT2D eigenvalue weighted by atomic mass is 32.2. The number of nitrogens with zero attached hydrogens (tertiary/aromatic N) is 2. The second kappa shape index (κ2) is 6.47. The Bertz CT molecular complexity index is 682. The van der Waals surface area contributed by atoms with Gasteiger partial charge in [-0.05, 0) is 37.3 Å². The molecule has 2 fully saturated rings. The first-order chi connectivity index (χ1) is 10.9. The molecule has 1 aromatic rings. The molecule has 0 spiro atoms. The Kier molecular flexibility index (Phi) is 4.57. The van der Waals surface area contributed by atoms with Gasteiger partial charge in [-0.3, -0.25) is 9.78 Å². The lowest BCUT2D eigenvalue weighted by molar-refractivity contribution is 0.0691. The smallest absolute Gasteiger partial charge is 0.272 e. The molecule has 1 unspecified atom stereocenters. The van der Waals surface area contributed by atoms with Gasteiger partial charge >= 0.3 is 0 Å². The number of carbonyl (C=O) groups excluding carboxylic acids is 1. The zero-order chi connectivity index (χ0) is 16.4. The first kappa shape index (κ1) is 16.2. The van der Waals surface area contributed by atoms with Crippen LogP contribution in [0.4, 0.5) is 5.69 Å². The Balaban J connectivity index is 1.66. The third kappa shape index (κ3) is 4.02. The fourth-order valence-electron chi connectivity index (χ4n) is 3.16. The summed E-state index contributed by atoms with van der Waals surface area (Å²) in [5, 5.41) is 3.21. The Morgan fingerprint density at radius 1 is 1.30 bits per heavy atom. The van der Waals surface area contributed by atoms with Crippen LogP contribution in [-0.2, 0) is 9.84 Å². The van der Waals surface area contributed by atoms with Gasteiger partial charge in [-0.15, -0.1) is 0 Å². The number of sulfone groups is 1. The van der Waals surface area contributed by atoms with Crippen molar-refractivity contribution in [1.29, 1.82) is 0 Å². The van der Waals surface area contributed by atoms with Gasteiger partial charge in [0, 0.05) is 31.0 Å². The van der Waals surface area contributed by atoms with Crippen LogP contribution in [0.25, 0.3) is 0 Å². The molecule has 6 nitrogen and oxygen atoms in total. The van der Waals surface area contributed by atoms with Crippen molar-refractivity contribution in [2.75, 3.05) is 29.9 Å². The van der Waals surface area contributed by atoms with Gasteiger partial charge in [0.15, 0.2) is 9.84 Å². The highest BCUT2D eigenvalue weighted by Gasteiger charge is 2.28. The molecule has 3 rings (SSSR count). The molecule has 0 bridgehead atoms. The van der Waals surface area contributed by atoms with E-state index in [0.717, 1.165) is 31.6 Å². The van der Waals surface area contributed by atoms with Crippen molar-refractivity contribution < 1.29 is 13.2 Å². The van der Waals surface area contributed by atoms with E-state index in [1.54, 1.807) is 18.3 Å². The molecule has 1 aromatic heterocycles. The van der Waals surface area contributed by atoms with Crippen molar-refractivity contribution in [1.82, 2.24) is 9.88 Å². The summed E-state index contributed by atoms with van der Waals surface area (Å²) >= 11 is 0. The Hall–Kier alpha value is -1.63. The van der Waals surface area contributed by atoms with Crippen molar-refractivity contribution in [3.63, 3.8) is 0 Å². The second-order valence-corrected chi connectivity index (χ2v) is 8.88. The number of hydrogen-bond donors (Lipinski definition) is 1. The van der Waals surface area contributed by atoms with Crippen LogP contribution < -0.4 is 5.32 Å². The minimum Gasteiger partial charge on any atom is -0.381 e. The van der Waals surface area contributed by atoms with Crippen LogP contribution in [0, 0.1) is 5.92 Å². The molecule has 3 heterocycles. The number of amides is 1. The van der Waals surface area contributed by atoms with Crippen LogP contribution in [0.3, 0.4) is 0 Å². The van der Waals surface area contributed by atoms with Crippen molar-refractivity contribution >= 4 is 21.4 Å². The predicted octanol–water partition coefficient (Wildman–Crippen LogP) is 1.55. The number of carbonyl (C=O) groups is 1. The summed E-state index contributed by atoms with van der Waals surface area (Å²) in [6, 6.07) is 3.42. The van der Waals surface area contributed by atoms with Crippen LogP contribution in [0.1, 0.15) is 36.7 Å². The highest BCUT2D eigenvalue weighted by Crippen LogP contribution is 2.20. The predicted molar refractivity (Wildman–Crippen MR) is 89.2 cm³/mol. The minimum absolute atomic E-state index is 0.0420.